The SMILES string of the molecule is C=C(C)c1ccc2cc(OC[SiH3])ccc2c1. The Balaban J connectivity index is 2.48. The van der Waals surface area contributed by atoms with Crippen LogP contribution in [0, 0.1) is 0 Å². The molecule has 0 heterocycles. The van der Waals surface area contributed by atoms with Gasteiger partial charge in [-0.05, 0) is 41.5 Å². The first-order chi connectivity index (χ1) is 7.70. The van der Waals surface area contributed by atoms with Crippen molar-refractivity contribution in [3.05, 3.63) is 48.5 Å². The van der Waals surface area contributed by atoms with Crippen LogP contribution in [0.1, 0.15) is 12.5 Å². The van der Waals surface area contributed by atoms with E-state index in [0.29, 0.717) is 0 Å². The lowest BCUT2D eigenvalue weighted by atomic mass is 10.0. The van der Waals surface area contributed by atoms with Gasteiger partial charge in [-0.3, -0.25) is 0 Å². The zero-order valence-corrected chi connectivity index (χ0v) is 11.8. The molecule has 2 heteroatoms. The molecule has 0 saturated carbocycles. The smallest absolute Gasteiger partial charge is 0.119 e. The Bertz CT molecular complexity index is 531. The first-order valence-corrected chi connectivity index (χ1v) is 6.94. The van der Waals surface area contributed by atoms with E-state index >= 15 is 0 Å². The Morgan fingerprint density at radius 2 is 1.88 bits per heavy atom. The molecule has 0 atom stereocenters. The van der Waals surface area contributed by atoms with Crippen LogP contribution < -0.4 is 4.74 Å². The molecule has 1 nitrogen and oxygen atoms in total. The van der Waals surface area contributed by atoms with Crippen molar-refractivity contribution in [2.45, 2.75) is 6.92 Å². The molecule has 0 aliphatic rings. The monoisotopic (exact) mass is 228 g/mol. The predicted molar refractivity (Wildman–Crippen MR) is 74.1 cm³/mol. The summed E-state index contributed by atoms with van der Waals surface area (Å²) < 4.78 is 5.54. The summed E-state index contributed by atoms with van der Waals surface area (Å²) in [6.07, 6.45) is 0.843. The van der Waals surface area contributed by atoms with Gasteiger partial charge in [0.2, 0.25) is 0 Å². The van der Waals surface area contributed by atoms with Crippen molar-refractivity contribution in [3.8, 4) is 5.75 Å². The molecule has 0 radical (unpaired) electrons. The van der Waals surface area contributed by atoms with E-state index in [2.05, 4.69) is 36.9 Å². The maximum atomic E-state index is 5.54. The molecule has 0 aliphatic carbocycles. The van der Waals surface area contributed by atoms with Gasteiger partial charge in [0.05, 0.1) is 16.5 Å². The maximum absolute atomic E-state index is 5.54. The minimum Gasteiger partial charge on any atom is -0.498 e. The third-order valence-electron chi connectivity index (χ3n) is 2.62. The average molecular weight is 228 g/mol. The average Bonchev–Trinajstić information content (AvgIpc) is 2.28. The fourth-order valence-electron chi connectivity index (χ4n) is 1.75. The lowest BCUT2D eigenvalue weighted by Gasteiger charge is -2.06. The minimum atomic E-state index is 0.843. The highest BCUT2D eigenvalue weighted by Gasteiger charge is 1.99. The van der Waals surface area contributed by atoms with Crippen molar-refractivity contribution in [2.24, 2.45) is 0 Å². The summed E-state index contributed by atoms with van der Waals surface area (Å²) in [6.45, 7) is 5.99. The van der Waals surface area contributed by atoms with Crippen LogP contribution in [0.5, 0.6) is 5.75 Å². The number of benzene rings is 2. The maximum Gasteiger partial charge on any atom is 0.119 e. The summed E-state index contributed by atoms with van der Waals surface area (Å²) in [5, 5.41) is 2.46. The van der Waals surface area contributed by atoms with E-state index in [4.69, 9.17) is 4.74 Å². The van der Waals surface area contributed by atoms with E-state index in [1.165, 1.54) is 16.3 Å². The van der Waals surface area contributed by atoms with Gasteiger partial charge in [0.25, 0.3) is 0 Å². The molecule has 0 bridgehead atoms. The number of ether oxygens (including phenoxy) is 1. The highest BCUT2D eigenvalue weighted by atomic mass is 28.1. The molecule has 0 aromatic heterocycles. The zero-order valence-electron chi connectivity index (χ0n) is 9.79. The van der Waals surface area contributed by atoms with Crippen molar-refractivity contribution in [3.63, 3.8) is 0 Å². The molecule has 0 spiro atoms. The Kier molecular flexibility index (Phi) is 3.11. The van der Waals surface area contributed by atoms with Crippen LogP contribution in [0.3, 0.4) is 0 Å². The van der Waals surface area contributed by atoms with Crippen LogP contribution in [0.15, 0.2) is 43.0 Å². The standard InChI is InChI=1S/C14H16OSi/c1-10(2)11-3-4-13-8-14(15-9-16)6-5-12(13)7-11/h3-8H,1,9H2,2,16H3. The number of rotatable bonds is 3. The highest BCUT2D eigenvalue weighted by molar-refractivity contribution is 6.08. The van der Waals surface area contributed by atoms with Crippen molar-refractivity contribution in [1.29, 1.82) is 0 Å². The number of hydrogen-bond acceptors (Lipinski definition) is 1. The molecule has 16 heavy (non-hydrogen) atoms. The second-order valence-electron chi connectivity index (χ2n) is 3.94. The number of hydrogen-bond donors (Lipinski definition) is 0. The van der Waals surface area contributed by atoms with Gasteiger partial charge in [-0.2, -0.15) is 0 Å². The van der Waals surface area contributed by atoms with E-state index in [1.807, 2.05) is 13.0 Å². The molecule has 0 aliphatic heterocycles. The molecular formula is C14H16OSi. The summed E-state index contributed by atoms with van der Waals surface area (Å²) >= 11 is 0. The first-order valence-electron chi connectivity index (χ1n) is 5.53. The minimum absolute atomic E-state index is 0.843. The van der Waals surface area contributed by atoms with Gasteiger partial charge < -0.3 is 4.74 Å². The molecule has 82 valence electrons. The Morgan fingerprint density at radius 1 is 1.19 bits per heavy atom. The van der Waals surface area contributed by atoms with Crippen molar-refractivity contribution in [2.75, 3.05) is 6.23 Å². The topological polar surface area (TPSA) is 9.23 Å². The lowest BCUT2D eigenvalue weighted by molar-refractivity contribution is 0.388. The number of allylic oxidation sites excluding steroid dienone is 1. The third-order valence-corrected chi connectivity index (χ3v) is 2.90. The van der Waals surface area contributed by atoms with E-state index in [9.17, 15) is 0 Å². The molecular weight excluding hydrogens is 212 g/mol. The van der Waals surface area contributed by atoms with Crippen LogP contribution in [-0.4, -0.2) is 16.5 Å². The summed E-state index contributed by atoms with van der Waals surface area (Å²) in [6, 6.07) is 12.6. The Hall–Kier alpha value is -1.54. The summed E-state index contributed by atoms with van der Waals surface area (Å²) in [5.74, 6) is 0.963. The molecule has 0 N–H and O–H groups in total. The molecule has 0 amide bonds. The predicted octanol–water partition coefficient (Wildman–Crippen LogP) is 2.57. The van der Waals surface area contributed by atoms with Crippen LogP contribution in [0.25, 0.3) is 16.3 Å². The van der Waals surface area contributed by atoms with Gasteiger partial charge in [0, 0.05) is 0 Å². The van der Waals surface area contributed by atoms with Crippen molar-refractivity contribution < 1.29 is 4.74 Å². The van der Waals surface area contributed by atoms with Gasteiger partial charge in [0.1, 0.15) is 5.75 Å². The fourth-order valence-corrected chi connectivity index (χ4v) is 2.08. The quantitative estimate of drug-likeness (QED) is 0.734. The number of fused-ring (bicyclic) bond motifs is 1. The fraction of sp³-hybridized carbons (Fsp3) is 0.143. The zero-order chi connectivity index (χ0) is 11.5. The normalized spacial score (nSPS) is 10.6. The Morgan fingerprint density at radius 3 is 2.56 bits per heavy atom. The summed E-state index contributed by atoms with van der Waals surface area (Å²) in [4.78, 5) is 0. The molecule has 2 rings (SSSR count). The largest absolute Gasteiger partial charge is 0.498 e. The van der Waals surface area contributed by atoms with Crippen LogP contribution in [0.2, 0.25) is 0 Å². The lowest BCUT2D eigenvalue weighted by Crippen LogP contribution is -1.94. The molecule has 0 unspecified atom stereocenters. The van der Waals surface area contributed by atoms with Gasteiger partial charge in [0.15, 0.2) is 0 Å². The highest BCUT2D eigenvalue weighted by Crippen LogP contribution is 2.24. The van der Waals surface area contributed by atoms with Crippen LogP contribution >= 0.6 is 0 Å². The van der Waals surface area contributed by atoms with Crippen molar-refractivity contribution in [1.82, 2.24) is 0 Å². The Labute approximate surface area is 99.2 Å². The second-order valence-corrected chi connectivity index (χ2v) is 4.51. The van der Waals surface area contributed by atoms with Gasteiger partial charge >= 0.3 is 0 Å². The third kappa shape index (κ3) is 2.17. The summed E-state index contributed by atoms with van der Waals surface area (Å²) in [7, 11) is 1.07. The van der Waals surface area contributed by atoms with Gasteiger partial charge in [-0.15, -0.1) is 0 Å². The second kappa shape index (κ2) is 4.54. The molecule has 2 aromatic rings. The van der Waals surface area contributed by atoms with E-state index in [0.717, 1.165) is 27.8 Å². The molecule has 0 fully saturated rings. The van der Waals surface area contributed by atoms with Crippen LogP contribution in [0.4, 0.5) is 0 Å². The van der Waals surface area contributed by atoms with Gasteiger partial charge in [-0.25, -0.2) is 0 Å². The van der Waals surface area contributed by atoms with E-state index < -0.39 is 0 Å². The van der Waals surface area contributed by atoms with Crippen molar-refractivity contribution >= 4 is 26.6 Å². The van der Waals surface area contributed by atoms with E-state index in [1.54, 1.807) is 0 Å². The van der Waals surface area contributed by atoms with Gasteiger partial charge in [-0.1, -0.05) is 30.4 Å². The first kappa shape index (κ1) is 11.0. The summed E-state index contributed by atoms with van der Waals surface area (Å²) in [5.41, 5.74) is 2.30. The van der Waals surface area contributed by atoms with Crippen LogP contribution in [-0.2, 0) is 0 Å². The molecule has 0 saturated heterocycles. The van der Waals surface area contributed by atoms with E-state index in [-0.39, 0.29) is 0 Å². The molecule has 2 aromatic carbocycles.